The predicted octanol–water partition coefficient (Wildman–Crippen LogP) is 2.62. The van der Waals surface area contributed by atoms with Gasteiger partial charge < -0.3 is 10.6 Å². The topological polar surface area (TPSA) is 55.0 Å². The summed E-state index contributed by atoms with van der Waals surface area (Å²) in [7, 11) is 1.76. The lowest BCUT2D eigenvalue weighted by atomic mass is 10.3. The van der Waals surface area contributed by atoms with E-state index in [1.807, 2.05) is 0 Å². The molecule has 1 aromatic heterocycles. The first-order valence-corrected chi connectivity index (χ1v) is 5.22. The summed E-state index contributed by atoms with van der Waals surface area (Å²) in [6.45, 7) is 0. The normalized spacial score (nSPS) is 10.3. The molecule has 0 amide bonds. The van der Waals surface area contributed by atoms with Crippen LogP contribution in [0.1, 0.15) is 0 Å². The average molecular weight is 253 g/mol. The van der Waals surface area contributed by atoms with Gasteiger partial charge in [-0.2, -0.15) is 0 Å². The molecule has 4 nitrogen and oxygen atoms in total. The number of aromatic nitrogens is 2. The largest absolute Gasteiger partial charge is 0.382 e. The summed E-state index contributed by atoms with van der Waals surface area (Å²) in [6.07, 6.45) is 1.33. The van der Waals surface area contributed by atoms with Crippen molar-refractivity contribution in [3.05, 3.63) is 41.4 Å². The van der Waals surface area contributed by atoms with E-state index in [0.29, 0.717) is 5.82 Å². The Morgan fingerprint density at radius 3 is 2.53 bits per heavy atom. The third-order valence-corrected chi connectivity index (χ3v) is 2.69. The fraction of sp³-hybridized carbons (Fsp3) is 0.0909. The van der Waals surface area contributed by atoms with Crippen LogP contribution in [-0.4, -0.2) is 17.0 Å². The Hall–Kier alpha value is -1.88. The summed E-state index contributed by atoms with van der Waals surface area (Å²) < 4.78 is 12.8. The second-order valence-electron chi connectivity index (χ2n) is 3.43. The lowest BCUT2D eigenvalue weighted by Gasteiger charge is -2.19. The molecule has 0 saturated heterocycles. The molecule has 0 radical (unpaired) electrons. The highest BCUT2D eigenvalue weighted by atomic mass is 35.5. The average Bonchev–Trinajstić information content (AvgIpc) is 2.33. The van der Waals surface area contributed by atoms with Gasteiger partial charge in [-0.3, -0.25) is 0 Å². The van der Waals surface area contributed by atoms with Gasteiger partial charge in [0.15, 0.2) is 5.82 Å². The van der Waals surface area contributed by atoms with Gasteiger partial charge >= 0.3 is 0 Å². The van der Waals surface area contributed by atoms with E-state index in [-0.39, 0.29) is 16.7 Å². The Labute approximate surface area is 103 Å². The summed E-state index contributed by atoms with van der Waals surface area (Å²) in [4.78, 5) is 9.53. The van der Waals surface area contributed by atoms with Gasteiger partial charge in [0.1, 0.15) is 23.0 Å². The van der Waals surface area contributed by atoms with Gasteiger partial charge in [0.05, 0.1) is 0 Å². The summed E-state index contributed by atoms with van der Waals surface area (Å²) in [6, 6.07) is 5.99. The molecule has 6 heteroatoms. The molecule has 0 fully saturated rings. The fourth-order valence-electron chi connectivity index (χ4n) is 1.39. The zero-order valence-electron chi connectivity index (χ0n) is 9.06. The second kappa shape index (κ2) is 4.55. The minimum atomic E-state index is -0.296. The van der Waals surface area contributed by atoms with Crippen LogP contribution in [0.4, 0.5) is 21.7 Å². The molecule has 0 aliphatic heterocycles. The Balaban J connectivity index is 2.40. The quantitative estimate of drug-likeness (QED) is 0.893. The monoisotopic (exact) mass is 252 g/mol. The Morgan fingerprint density at radius 2 is 1.88 bits per heavy atom. The van der Waals surface area contributed by atoms with Crippen molar-refractivity contribution in [2.45, 2.75) is 0 Å². The van der Waals surface area contributed by atoms with E-state index in [4.69, 9.17) is 17.3 Å². The Bertz CT molecular complexity index is 529. The number of rotatable bonds is 2. The van der Waals surface area contributed by atoms with Gasteiger partial charge in [-0.25, -0.2) is 14.4 Å². The standard InChI is InChI=1S/C11H10ClFN4/c1-17(8-4-2-7(13)3-5-8)11-9(12)10(14)15-6-16-11/h2-6H,1H3,(H2,14,15,16). The fourth-order valence-corrected chi connectivity index (χ4v) is 1.62. The first-order valence-electron chi connectivity index (χ1n) is 4.85. The highest BCUT2D eigenvalue weighted by Gasteiger charge is 2.12. The van der Waals surface area contributed by atoms with Gasteiger partial charge in [0, 0.05) is 12.7 Å². The molecule has 0 unspecified atom stereocenters. The molecule has 2 rings (SSSR count). The molecule has 88 valence electrons. The molecule has 2 N–H and O–H groups in total. The van der Waals surface area contributed by atoms with Crippen molar-refractivity contribution in [2.75, 3.05) is 17.7 Å². The first-order chi connectivity index (χ1) is 8.09. The van der Waals surface area contributed by atoms with E-state index in [1.54, 1.807) is 24.1 Å². The number of nitrogen functional groups attached to an aromatic ring is 1. The number of hydrogen-bond donors (Lipinski definition) is 1. The summed E-state index contributed by atoms with van der Waals surface area (Å²) >= 11 is 6.00. The van der Waals surface area contributed by atoms with Crippen LogP contribution in [0.5, 0.6) is 0 Å². The molecule has 0 aliphatic rings. The van der Waals surface area contributed by atoms with Crippen molar-refractivity contribution in [1.29, 1.82) is 0 Å². The molecule has 0 bridgehead atoms. The van der Waals surface area contributed by atoms with Gasteiger partial charge in [-0.15, -0.1) is 0 Å². The molecular weight excluding hydrogens is 243 g/mol. The molecule has 1 heterocycles. The highest BCUT2D eigenvalue weighted by Crippen LogP contribution is 2.30. The van der Waals surface area contributed by atoms with Crippen molar-refractivity contribution in [2.24, 2.45) is 0 Å². The number of nitrogens with two attached hydrogens (primary N) is 1. The molecule has 2 aromatic rings. The van der Waals surface area contributed by atoms with E-state index in [2.05, 4.69) is 9.97 Å². The SMILES string of the molecule is CN(c1ccc(F)cc1)c1ncnc(N)c1Cl. The molecular formula is C11H10ClFN4. The lowest BCUT2D eigenvalue weighted by Crippen LogP contribution is -2.13. The molecule has 0 spiro atoms. The Morgan fingerprint density at radius 1 is 1.24 bits per heavy atom. The van der Waals surface area contributed by atoms with Gasteiger partial charge in [0.25, 0.3) is 0 Å². The minimum absolute atomic E-state index is 0.214. The van der Waals surface area contributed by atoms with Crippen LogP contribution in [0.25, 0.3) is 0 Å². The van der Waals surface area contributed by atoms with Crippen LogP contribution in [0.15, 0.2) is 30.6 Å². The van der Waals surface area contributed by atoms with Gasteiger partial charge in [0.2, 0.25) is 0 Å². The number of hydrogen-bond acceptors (Lipinski definition) is 4. The summed E-state index contributed by atoms with van der Waals surface area (Å²) in [5.74, 6) is 0.395. The number of benzene rings is 1. The molecule has 0 saturated carbocycles. The van der Waals surface area contributed by atoms with Crippen molar-refractivity contribution in [1.82, 2.24) is 9.97 Å². The van der Waals surface area contributed by atoms with Crippen LogP contribution < -0.4 is 10.6 Å². The van der Waals surface area contributed by atoms with E-state index < -0.39 is 0 Å². The first kappa shape index (κ1) is 11.6. The highest BCUT2D eigenvalue weighted by molar-refractivity contribution is 6.35. The smallest absolute Gasteiger partial charge is 0.157 e. The lowest BCUT2D eigenvalue weighted by molar-refractivity contribution is 0.628. The van der Waals surface area contributed by atoms with Crippen LogP contribution >= 0.6 is 11.6 Å². The van der Waals surface area contributed by atoms with E-state index in [0.717, 1.165) is 5.69 Å². The number of nitrogens with zero attached hydrogens (tertiary/aromatic N) is 3. The second-order valence-corrected chi connectivity index (χ2v) is 3.81. The molecule has 17 heavy (non-hydrogen) atoms. The minimum Gasteiger partial charge on any atom is -0.382 e. The van der Waals surface area contributed by atoms with Crippen LogP contribution in [0, 0.1) is 5.82 Å². The third kappa shape index (κ3) is 2.29. The molecule has 0 atom stereocenters. The van der Waals surface area contributed by atoms with E-state index in [1.165, 1.54) is 18.5 Å². The van der Waals surface area contributed by atoms with E-state index in [9.17, 15) is 4.39 Å². The van der Waals surface area contributed by atoms with Gasteiger partial charge in [-0.1, -0.05) is 11.6 Å². The van der Waals surface area contributed by atoms with Crippen LogP contribution in [0.3, 0.4) is 0 Å². The van der Waals surface area contributed by atoms with E-state index >= 15 is 0 Å². The third-order valence-electron chi connectivity index (χ3n) is 2.33. The van der Waals surface area contributed by atoms with Gasteiger partial charge in [-0.05, 0) is 24.3 Å². The summed E-state index contributed by atoms with van der Waals surface area (Å²) in [5, 5.41) is 0.277. The van der Waals surface area contributed by atoms with Crippen molar-refractivity contribution >= 4 is 28.9 Å². The molecule has 1 aromatic carbocycles. The molecule has 0 aliphatic carbocycles. The Kier molecular flexibility index (Phi) is 3.10. The summed E-state index contributed by atoms with van der Waals surface area (Å²) in [5.41, 5.74) is 6.35. The maximum atomic E-state index is 12.8. The van der Waals surface area contributed by atoms with Crippen molar-refractivity contribution in [3.8, 4) is 0 Å². The zero-order chi connectivity index (χ0) is 12.4. The van der Waals surface area contributed by atoms with Crippen molar-refractivity contribution in [3.63, 3.8) is 0 Å². The van der Waals surface area contributed by atoms with Crippen LogP contribution in [-0.2, 0) is 0 Å². The number of anilines is 3. The maximum absolute atomic E-state index is 12.8. The number of halogens is 2. The zero-order valence-corrected chi connectivity index (χ0v) is 9.82. The van der Waals surface area contributed by atoms with Crippen LogP contribution in [0.2, 0.25) is 5.02 Å². The van der Waals surface area contributed by atoms with Crippen molar-refractivity contribution < 1.29 is 4.39 Å². The maximum Gasteiger partial charge on any atom is 0.157 e. The predicted molar refractivity (Wildman–Crippen MR) is 65.9 cm³/mol.